The fourth-order valence-corrected chi connectivity index (χ4v) is 1.64. The molecule has 1 unspecified atom stereocenters. The van der Waals surface area contributed by atoms with E-state index in [0.717, 1.165) is 31.3 Å². The predicted octanol–water partition coefficient (Wildman–Crippen LogP) is 1.38. The zero-order chi connectivity index (χ0) is 11.1. The number of aromatic nitrogens is 3. The first-order valence-corrected chi connectivity index (χ1v) is 5.77. The van der Waals surface area contributed by atoms with Gasteiger partial charge in [-0.15, -0.1) is 0 Å². The predicted molar refractivity (Wildman–Crippen MR) is 61.6 cm³/mol. The van der Waals surface area contributed by atoms with Crippen LogP contribution in [0.2, 0.25) is 0 Å². The molecule has 1 N–H and O–H groups in total. The number of hydrogen-bond donors (Lipinski definition) is 1. The van der Waals surface area contributed by atoms with E-state index in [1.807, 2.05) is 7.05 Å². The van der Waals surface area contributed by atoms with Crippen LogP contribution in [0.1, 0.15) is 32.5 Å². The summed E-state index contributed by atoms with van der Waals surface area (Å²) in [4.78, 5) is 4.18. The largest absolute Gasteiger partial charge is 0.316 e. The van der Waals surface area contributed by atoms with Gasteiger partial charge in [0.2, 0.25) is 0 Å². The van der Waals surface area contributed by atoms with Crippen LogP contribution in [-0.4, -0.2) is 27.9 Å². The molecule has 0 saturated heterocycles. The van der Waals surface area contributed by atoms with Crippen molar-refractivity contribution < 1.29 is 0 Å². The quantitative estimate of drug-likeness (QED) is 0.691. The molecular formula is C11H22N4. The lowest BCUT2D eigenvalue weighted by Gasteiger charge is -2.10. The normalized spacial score (nSPS) is 13.0. The van der Waals surface area contributed by atoms with Crippen LogP contribution >= 0.6 is 0 Å². The van der Waals surface area contributed by atoms with Crippen molar-refractivity contribution >= 4 is 0 Å². The lowest BCUT2D eigenvalue weighted by molar-refractivity contribution is 0.476. The second kappa shape index (κ2) is 6.56. The molecule has 1 heterocycles. The molecule has 0 fully saturated rings. The fraction of sp³-hybridized carbons (Fsp3) is 0.818. The molecule has 4 nitrogen and oxygen atoms in total. The Kier molecular flexibility index (Phi) is 5.32. The Bertz CT molecular complexity index is 269. The third-order valence-electron chi connectivity index (χ3n) is 2.45. The maximum absolute atomic E-state index is 4.23. The average Bonchev–Trinajstić information content (AvgIpc) is 2.60. The number of hydrogen-bond acceptors (Lipinski definition) is 3. The van der Waals surface area contributed by atoms with E-state index >= 15 is 0 Å². The molecule has 86 valence electrons. The van der Waals surface area contributed by atoms with E-state index in [0.29, 0.717) is 0 Å². The van der Waals surface area contributed by atoms with Crippen LogP contribution in [0.25, 0.3) is 0 Å². The summed E-state index contributed by atoms with van der Waals surface area (Å²) in [6, 6.07) is 0. The van der Waals surface area contributed by atoms with Gasteiger partial charge >= 0.3 is 0 Å². The molecule has 1 atom stereocenters. The summed E-state index contributed by atoms with van der Waals surface area (Å²) in [5.41, 5.74) is 0. The van der Waals surface area contributed by atoms with E-state index in [4.69, 9.17) is 0 Å². The standard InChI is InChI=1S/C11H22N4/c1-4-5-10(2)8-12-7-6-11-13-9-15(3)14-11/h9-10,12H,4-8H2,1-3H3. The SMILES string of the molecule is CCCC(C)CNCCc1ncn(C)n1. The van der Waals surface area contributed by atoms with E-state index in [-0.39, 0.29) is 0 Å². The third kappa shape index (κ3) is 4.93. The maximum atomic E-state index is 4.23. The summed E-state index contributed by atoms with van der Waals surface area (Å²) in [6.07, 6.45) is 5.23. The minimum atomic E-state index is 0.770. The number of rotatable bonds is 7. The van der Waals surface area contributed by atoms with Gasteiger partial charge in [-0.2, -0.15) is 5.10 Å². The van der Waals surface area contributed by atoms with Crippen LogP contribution < -0.4 is 5.32 Å². The highest BCUT2D eigenvalue weighted by molar-refractivity contribution is 4.81. The van der Waals surface area contributed by atoms with E-state index in [1.165, 1.54) is 12.8 Å². The molecule has 4 heteroatoms. The summed E-state index contributed by atoms with van der Waals surface area (Å²) in [5.74, 6) is 1.69. The maximum Gasteiger partial charge on any atom is 0.151 e. The molecule has 1 aromatic heterocycles. The van der Waals surface area contributed by atoms with E-state index in [1.54, 1.807) is 11.0 Å². The summed E-state index contributed by atoms with van der Waals surface area (Å²) in [7, 11) is 1.90. The summed E-state index contributed by atoms with van der Waals surface area (Å²) in [6.45, 7) is 6.59. The van der Waals surface area contributed by atoms with Crippen LogP contribution in [0.15, 0.2) is 6.33 Å². The monoisotopic (exact) mass is 210 g/mol. The molecule has 0 aliphatic carbocycles. The van der Waals surface area contributed by atoms with Crippen molar-refractivity contribution in [2.45, 2.75) is 33.1 Å². The fourth-order valence-electron chi connectivity index (χ4n) is 1.64. The minimum Gasteiger partial charge on any atom is -0.316 e. The van der Waals surface area contributed by atoms with Crippen LogP contribution in [-0.2, 0) is 13.5 Å². The number of nitrogens with zero attached hydrogens (tertiary/aromatic N) is 3. The van der Waals surface area contributed by atoms with Gasteiger partial charge in [0.05, 0.1) is 0 Å². The van der Waals surface area contributed by atoms with Crippen molar-refractivity contribution in [3.05, 3.63) is 12.2 Å². The molecule has 0 aromatic carbocycles. The van der Waals surface area contributed by atoms with Crippen LogP contribution in [0.3, 0.4) is 0 Å². The Hall–Kier alpha value is -0.900. The van der Waals surface area contributed by atoms with Gasteiger partial charge in [0.15, 0.2) is 5.82 Å². The second-order valence-corrected chi connectivity index (χ2v) is 4.18. The first kappa shape index (κ1) is 12.2. The van der Waals surface area contributed by atoms with Gasteiger partial charge in [-0.05, 0) is 18.9 Å². The van der Waals surface area contributed by atoms with Crippen molar-refractivity contribution in [3.8, 4) is 0 Å². The highest BCUT2D eigenvalue weighted by atomic mass is 15.3. The first-order valence-electron chi connectivity index (χ1n) is 5.77. The molecule has 0 aliphatic rings. The van der Waals surface area contributed by atoms with Gasteiger partial charge in [-0.1, -0.05) is 20.3 Å². The molecule has 0 radical (unpaired) electrons. The average molecular weight is 210 g/mol. The van der Waals surface area contributed by atoms with Gasteiger partial charge < -0.3 is 5.32 Å². The molecule has 0 aliphatic heterocycles. The van der Waals surface area contributed by atoms with Gasteiger partial charge in [-0.25, -0.2) is 4.98 Å². The van der Waals surface area contributed by atoms with Crippen LogP contribution in [0.4, 0.5) is 0 Å². The van der Waals surface area contributed by atoms with Crippen molar-refractivity contribution in [1.82, 2.24) is 20.1 Å². The smallest absolute Gasteiger partial charge is 0.151 e. The number of nitrogens with one attached hydrogen (secondary N) is 1. The highest BCUT2D eigenvalue weighted by Crippen LogP contribution is 2.02. The molecule has 1 aromatic rings. The summed E-state index contributed by atoms with van der Waals surface area (Å²) >= 11 is 0. The lowest BCUT2D eigenvalue weighted by atomic mass is 10.1. The Morgan fingerprint density at radius 2 is 2.33 bits per heavy atom. The van der Waals surface area contributed by atoms with Crippen molar-refractivity contribution in [1.29, 1.82) is 0 Å². The molecule has 1 rings (SSSR count). The number of aryl methyl sites for hydroxylation is 1. The van der Waals surface area contributed by atoms with Crippen LogP contribution in [0.5, 0.6) is 0 Å². The minimum absolute atomic E-state index is 0.770. The molecule has 0 bridgehead atoms. The van der Waals surface area contributed by atoms with Crippen molar-refractivity contribution in [2.75, 3.05) is 13.1 Å². The molecule has 0 saturated carbocycles. The summed E-state index contributed by atoms with van der Waals surface area (Å²) < 4.78 is 1.75. The highest BCUT2D eigenvalue weighted by Gasteiger charge is 2.01. The molecule has 15 heavy (non-hydrogen) atoms. The second-order valence-electron chi connectivity index (χ2n) is 4.18. The molecule has 0 spiro atoms. The molecule has 0 amide bonds. The Morgan fingerprint density at radius 1 is 1.53 bits per heavy atom. The van der Waals surface area contributed by atoms with Crippen molar-refractivity contribution in [3.63, 3.8) is 0 Å². The van der Waals surface area contributed by atoms with Gasteiger partial charge in [0.25, 0.3) is 0 Å². The van der Waals surface area contributed by atoms with E-state index in [9.17, 15) is 0 Å². The van der Waals surface area contributed by atoms with Crippen LogP contribution in [0, 0.1) is 5.92 Å². The van der Waals surface area contributed by atoms with E-state index < -0.39 is 0 Å². The summed E-state index contributed by atoms with van der Waals surface area (Å²) in [5, 5.41) is 7.67. The van der Waals surface area contributed by atoms with E-state index in [2.05, 4.69) is 29.2 Å². The van der Waals surface area contributed by atoms with Gasteiger partial charge in [-0.3, -0.25) is 4.68 Å². The van der Waals surface area contributed by atoms with Gasteiger partial charge in [0.1, 0.15) is 6.33 Å². The Morgan fingerprint density at radius 3 is 2.93 bits per heavy atom. The first-order chi connectivity index (χ1) is 7.22. The third-order valence-corrected chi connectivity index (χ3v) is 2.45. The van der Waals surface area contributed by atoms with Crippen molar-refractivity contribution in [2.24, 2.45) is 13.0 Å². The zero-order valence-corrected chi connectivity index (χ0v) is 10.0. The topological polar surface area (TPSA) is 42.7 Å². The Labute approximate surface area is 92.1 Å². The van der Waals surface area contributed by atoms with Gasteiger partial charge in [0, 0.05) is 20.0 Å². The Balaban J connectivity index is 2.06. The lowest BCUT2D eigenvalue weighted by Crippen LogP contribution is -2.23. The molecular weight excluding hydrogens is 188 g/mol. The zero-order valence-electron chi connectivity index (χ0n) is 10.0.